The molecule has 1 aromatic rings. The van der Waals surface area contributed by atoms with Crippen molar-refractivity contribution >= 4 is 29.3 Å². The van der Waals surface area contributed by atoms with E-state index in [9.17, 15) is 4.79 Å². The highest BCUT2D eigenvalue weighted by Gasteiger charge is 2.15. The van der Waals surface area contributed by atoms with Crippen LogP contribution in [0.15, 0.2) is 24.3 Å². The summed E-state index contributed by atoms with van der Waals surface area (Å²) in [5, 5.41) is 3.65. The highest BCUT2D eigenvalue weighted by atomic mass is 35.5. The first-order chi connectivity index (χ1) is 9.24. The van der Waals surface area contributed by atoms with Crippen LogP contribution in [0.5, 0.6) is 0 Å². The first-order valence-electron chi connectivity index (χ1n) is 6.44. The Labute approximate surface area is 123 Å². The van der Waals surface area contributed by atoms with Gasteiger partial charge in [-0.3, -0.25) is 4.79 Å². The zero-order valence-electron chi connectivity index (χ0n) is 10.7. The minimum Gasteiger partial charge on any atom is -0.376 e. The van der Waals surface area contributed by atoms with Crippen LogP contribution in [-0.2, 0) is 15.3 Å². The molecule has 0 radical (unpaired) electrons. The van der Waals surface area contributed by atoms with Crippen molar-refractivity contribution < 1.29 is 9.53 Å². The average molecular weight is 300 g/mol. The number of nitrogens with one attached hydrogen (secondary N) is 1. The molecular formula is C14H18ClNO2S. The van der Waals surface area contributed by atoms with E-state index in [1.54, 1.807) is 11.8 Å². The molecule has 3 nitrogen and oxygen atoms in total. The second kappa shape index (κ2) is 7.78. The van der Waals surface area contributed by atoms with Gasteiger partial charge in [-0.25, -0.2) is 0 Å². The summed E-state index contributed by atoms with van der Waals surface area (Å²) in [7, 11) is 0. The Hall–Kier alpha value is -0.710. The lowest BCUT2D eigenvalue weighted by atomic mass is 10.2. The minimum absolute atomic E-state index is 0.0718. The Kier molecular flexibility index (Phi) is 6.01. The first kappa shape index (κ1) is 14.7. The van der Waals surface area contributed by atoms with Crippen molar-refractivity contribution in [2.75, 3.05) is 18.9 Å². The molecule has 1 N–H and O–H groups in total. The smallest absolute Gasteiger partial charge is 0.230 e. The Morgan fingerprint density at radius 1 is 1.53 bits per heavy atom. The van der Waals surface area contributed by atoms with Gasteiger partial charge in [-0.2, -0.15) is 0 Å². The highest BCUT2D eigenvalue weighted by Crippen LogP contribution is 2.16. The number of halogens is 1. The minimum atomic E-state index is 0.0718. The van der Waals surface area contributed by atoms with Crippen molar-refractivity contribution in [3.63, 3.8) is 0 Å². The van der Waals surface area contributed by atoms with Crippen molar-refractivity contribution in [1.82, 2.24) is 5.32 Å². The Morgan fingerprint density at radius 2 is 2.42 bits per heavy atom. The van der Waals surface area contributed by atoms with Gasteiger partial charge in [0, 0.05) is 23.9 Å². The fraction of sp³-hybridized carbons (Fsp3) is 0.500. The lowest BCUT2D eigenvalue weighted by Crippen LogP contribution is -2.32. The van der Waals surface area contributed by atoms with E-state index in [2.05, 4.69) is 5.32 Å². The van der Waals surface area contributed by atoms with Crippen LogP contribution < -0.4 is 5.32 Å². The molecule has 0 bridgehead atoms. The molecule has 0 unspecified atom stereocenters. The monoisotopic (exact) mass is 299 g/mol. The first-order valence-corrected chi connectivity index (χ1v) is 7.98. The quantitative estimate of drug-likeness (QED) is 0.878. The van der Waals surface area contributed by atoms with Crippen LogP contribution in [0.4, 0.5) is 0 Å². The maximum absolute atomic E-state index is 11.6. The Bertz CT molecular complexity index is 422. The van der Waals surface area contributed by atoms with Crippen molar-refractivity contribution in [3.05, 3.63) is 34.9 Å². The van der Waals surface area contributed by atoms with Crippen LogP contribution in [0.3, 0.4) is 0 Å². The molecule has 2 rings (SSSR count). The summed E-state index contributed by atoms with van der Waals surface area (Å²) >= 11 is 7.50. The molecule has 1 aliphatic heterocycles. The van der Waals surface area contributed by atoms with Gasteiger partial charge in [0.15, 0.2) is 0 Å². The normalized spacial score (nSPS) is 18.5. The number of ether oxygens (including phenoxy) is 1. The fourth-order valence-corrected chi connectivity index (χ4v) is 2.99. The molecule has 0 aromatic heterocycles. The molecule has 5 heteroatoms. The Balaban J connectivity index is 1.60. The van der Waals surface area contributed by atoms with Crippen LogP contribution in [0.25, 0.3) is 0 Å². The van der Waals surface area contributed by atoms with Gasteiger partial charge in [-0.1, -0.05) is 23.7 Å². The topological polar surface area (TPSA) is 38.3 Å². The van der Waals surface area contributed by atoms with Crippen molar-refractivity contribution in [2.24, 2.45) is 0 Å². The third kappa shape index (κ3) is 5.43. The number of carbonyl (C=O) groups excluding carboxylic acids is 1. The van der Waals surface area contributed by atoms with Gasteiger partial charge in [-0.05, 0) is 30.5 Å². The maximum Gasteiger partial charge on any atom is 0.230 e. The third-order valence-corrected chi connectivity index (χ3v) is 4.18. The molecule has 0 spiro atoms. The summed E-state index contributed by atoms with van der Waals surface area (Å²) in [4.78, 5) is 11.6. The average Bonchev–Trinajstić information content (AvgIpc) is 2.89. The lowest BCUT2D eigenvalue weighted by molar-refractivity contribution is -0.119. The van der Waals surface area contributed by atoms with Gasteiger partial charge in [0.1, 0.15) is 0 Å². The predicted molar refractivity (Wildman–Crippen MR) is 79.6 cm³/mol. The second-order valence-electron chi connectivity index (χ2n) is 4.56. The molecule has 1 saturated heterocycles. The number of thioether (sulfide) groups is 1. The summed E-state index contributed by atoms with van der Waals surface area (Å²) in [6, 6.07) is 7.72. The summed E-state index contributed by atoms with van der Waals surface area (Å²) in [5.41, 5.74) is 1.14. The fourth-order valence-electron chi connectivity index (χ4n) is 1.97. The Morgan fingerprint density at radius 3 is 3.16 bits per heavy atom. The van der Waals surface area contributed by atoms with Crippen LogP contribution in [0.1, 0.15) is 18.4 Å². The zero-order valence-corrected chi connectivity index (χ0v) is 12.3. The van der Waals surface area contributed by atoms with Crippen molar-refractivity contribution in [1.29, 1.82) is 0 Å². The highest BCUT2D eigenvalue weighted by molar-refractivity contribution is 7.99. The van der Waals surface area contributed by atoms with Crippen LogP contribution >= 0.6 is 23.4 Å². The summed E-state index contributed by atoms with van der Waals surface area (Å²) in [6.07, 6.45) is 2.36. The number of hydrogen-bond donors (Lipinski definition) is 1. The summed E-state index contributed by atoms with van der Waals surface area (Å²) in [6.45, 7) is 1.46. The third-order valence-electron chi connectivity index (χ3n) is 2.94. The maximum atomic E-state index is 11.6. The molecule has 0 aliphatic carbocycles. The van der Waals surface area contributed by atoms with Crippen LogP contribution in [0.2, 0.25) is 5.02 Å². The molecule has 1 aliphatic rings. The molecule has 1 atom stereocenters. The van der Waals surface area contributed by atoms with Crippen molar-refractivity contribution in [3.8, 4) is 0 Å². The molecule has 1 amide bonds. The van der Waals surface area contributed by atoms with E-state index in [1.165, 1.54) is 0 Å². The van der Waals surface area contributed by atoms with Gasteiger partial charge in [0.05, 0.1) is 11.9 Å². The number of rotatable bonds is 6. The van der Waals surface area contributed by atoms with Gasteiger partial charge in [0.2, 0.25) is 5.91 Å². The van der Waals surface area contributed by atoms with E-state index >= 15 is 0 Å². The molecular weight excluding hydrogens is 282 g/mol. The molecule has 1 aromatic carbocycles. The van der Waals surface area contributed by atoms with Crippen molar-refractivity contribution in [2.45, 2.75) is 24.7 Å². The van der Waals surface area contributed by atoms with Gasteiger partial charge < -0.3 is 10.1 Å². The number of benzene rings is 1. The number of carbonyl (C=O) groups is 1. The van der Waals surface area contributed by atoms with Crippen LogP contribution in [-0.4, -0.2) is 30.9 Å². The zero-order chi connectivity index (χ0) is 13.5. The molecule has 19 heavy (non-hydrogen) atoms. The second-order valence-corrected chi connectivity index (χ2v) is 5.98. The molecule has 1 fully saturated rings. The standard InChI is InChI=1S/C14H18ClNO2S/c15-12-4-1-3-11(7-12)9-19-10-14(17)16-8-13-5-2-6-18-13/h1,3-4,7,13H,2,5-6,8-10H2,(H,16,17)/t13-/m1/s1. The van der Waals surface area contributed by atoms with E-state index < -0.39 is 0 Å². The summed E-state index contributed by atoms with van der Waals surface area (Å²) < 4.78 is 5.45. The van der Waals surface area contributed by atoms with Crippen LogP contribution in [0, 0.1) is 0 Å². The number of hydrogen-bond acceptors (Lipinski definition) is 3. The molecule has 1 heterocycles. The van der Waals surface area contributed by atoms with E-state index in [4.69, 9.17) is 16.3 Å². The predicted octanol–water partition coefficient (Wildman–Crippen LogP) is 2.87. The van der Waals surface area contributed by atoms with Gasteiger partial charge >= 0.3 is 0 Å². The molecule has 0 saturated carbocycles. The number of amides is 1. The van der Waals surface area contributed by atoms with E-state index in [0.29, 0.717) is 12.3 Å². The largest absolute Gasteiger partial charge is 0.376 e. The van der Waals surface area contributed by atoms with E-state index in [0.717, 1.165) is 35.8 Å². The van der Waals surface area contributed by atoms with Gasteiger partial charge in [0.25, 0.3) is 0 Å². The van der Waals surface area contributed by atoms with E-state index in [1.807, 2.05) is 24.3 Å². The molecule has 104 valence electrons. The lowest BCUT2D eigenvalue weighted by Gasteiger charge is -2.10. The van der Waals surface area contributed by atoms with Gasteiger partial charge in [-0.15, -0.1) is 11.8 Å². The van der Waals surface area contributed by atoms with E-state index in [-0.39, 0.29) is 12.0 Å². The summed E-state index contributed by atoms with van der Waals surface area (Å²) in [5.74, 6) is 1.34. The SMILES string of the molecule is O=C(CSCc1cccc(Cl)c1)NC[C@H]1CCCO1.